The van der Waals surface area contributed by atoms with E-state index in [2.05, 4.69) is 20.6 Å². The summed E-state index contributed by atoms with van der Waals surface area (Å²) in [7, 11) is 1.58. The molecule has 0 atom stereocenters. The number of nitrogens with zero attached hydrogens (tertiary/aromatic N) is 2. The number of carbonyl (C=O) groups excluding carboxylic acids is 1. The van der Waals surface area contributed by atoms with E-state index < -0.39 is 0 Å². The van der Waals surface area contributed by atoms with Crippen molar-refractivity contribution < 1.29 is 9.53 Å². The van der Waals surface area contributed by atoms with Crippen LogP contribution in [-0.2, 0) is 4.74 Å². The van der Waals surface area contributed by atoms with Gasteiger partial charge in [0.2, 0.25) is 5.95 Å². The minimum absolute atomic E-state index is 0.277. The number of ether oxygens (including phenoxy) is 1. The number of hydrogen-bond donors (Lipinski definition) is 2. The second-order valence-corrected chi connectivity index (χ2v) is 5.49. The van der Waals surface area contributed by atoms with Crippen molar-refractivity contribution >= 4 is 29.1 Å². The number of rotatable bonds is 6. The summed E-state index contributed by atoms with van der Waals surface area (Å²) in [6, 6.07) is 5.42. The fourth-order valence-electron chi connectivity index (χ4n) is 2.09. The summed E-state index contributed by atoms with van der Waals surface area (Å²) in [5, 5.41) is 6.37. The molecule has 0 saturated carbocycles. The van der Waals surface area contributed by atoms with Gasteiger partial charge in [0.05, 0.1) is 17.3 Å². The first-order chi connectivity index (χ1) is 11.0. The smallest absolute Gasteiger partial charge is 0.270 e. The van der Waals surface area contributed by atoms with Crippen molar-refractivity contribution in [2.75, 3.05) is 25.6 Å². The van der Waals surface area contributed by atoms with E-state index in [9.17, 15) is 4.79 Å². The third-order valence-electron chi connectivity index (χ3n) is 3.15. The molecule has 2 rings (SSSR count). The SMILES string of the molecule is COCCNC(=O)c1ccnc(Nc2c(C)cc(C)cc2Cl)n1. The standard InChI is InChI=1S/C16H19ClN4O2/c1-10-8-11(2)14(12(17)9-10)21-16-19-5-4-13(20-16)15(22)18-6-7-23-3/h4-5,8-9H,6-7H2,1-3H3,(H,18,22)(H,19,20,21). The van der Waals surface area contributed by atoms with Crippen molar-refractivity contribution in [3.63, 3.8) is 0 Å². The van der Waals surface area contributed by atoms with Gasteiger partial charge in [-0.05, 0) is 37.1 Å². The lowest BCUT2D eigenvalue weighted by molar-refractivity contribution is 0.0932. The minimum Gasteiger partial charge on any atom is -0.383 e. The Morgan fingerprint density at radius 1 is 1.35 bits per heavy atom. The van der Waals surface area contributed by atoms with Crippen LogP contribution in [0.1, 0.15) is 21.6 Å². The highest BCUT2D eigenvalue weighted by atomic mass is 35.5. The van der Waals surface area contributed by atoms with Crippen molar-refractivity contribution in [3.8, 4) is 0 Å². The quantitative estimate of drug-likeness (QED) is 0.794. The normalized spacial score (nSPS) is 10.4. The Labute approximate surface area is 140 Å². The lowest BCUT2D eigenvalue weighted by Crippen LogP contribution is -2.27. The van der Waals surface area contributed by atoms with Crippen LogP contribution in [0.25, 0.3) is 0 Å². The predicted molar refractivity (Wildman–Crippen MR) is 90.4 cm³/mol. The number of carbonyl (C=O) groups is 1. The van der Waals surface area contributed by atoms with E-state index >= 15 is 0 Å². The molecule has 0 bridgehead atoms. The number of amides is 1. The first-order valence-electron chi connectivity index (χ1n) is 7.15. The Balaban J connectivity index is 2.16. The van der Waals surface area contributed by atoms with Crippen LogP contribution in [0.3, 0.4) is 0 Å². The second kappa shape index (κ2) is 7.89. The van der Waals surface area contributed by atoms with Gasteiger partial charge in [-0.2, -0.15) is 0 Å². The third kappa shape index (κ3) is 4.64. The molecule has 0 fully saturated rings. The molecular weight excluding hydrogens is 316 g/mol. The topological polar surface area (TPSA) is 76.1 Å². The van der Waals surface area contributed by atoms with Gasteiger partial charge >= 0.3 is 0 Å². The van der Waals surface area contributed by atoms with Crippen LogP contribution in [0.2, 0.25) is 5.02 Å². The molecule has 1 amide bonds. The monoisotopic (exact) mass is 334 g/mol. The van der Waals surface area contributed by atoms with Gasteiger partial charge in [-0.25, -0.2) is 9.97 Å². The Hall–Kier alpha value is -2.18. The lowest BCUT2D eigenvalue weighted by Gasteiger charge is -2.12. The summed E-state index contributed by atoms with van der Waals surface area (Å²) >= 11 is 6.26. The Morgan fingerprint density at radius 2 is 2.13 bits per heavy atom. The Kier molecular flexibility index (Phi) is 5.90. The van der Waals surface area contributed by atoms with E-state index in [1.165, 1.54) is 6.20 Å². The van der Waals surface area contributed by atoms with Crippen molar-refractivity contribution in [3.05, 3.63) is 46.2 Å². The van der Waals surface area contributed by atoms with E-state index in [1.54, 1.807) is 13.2 Å². The maximum atomic E-state index is 12.0. The van der Waals surface area contributed by atoms with E-state index in [4.69, 9.17) is 16.3 Å². The van der Waals surface area contributed by atoms with E-state index in [1.807, 2.05) is 26.0 Å². The average Bonchev–Trinajstić information content (AvgIpc) is 2.51. The zero-order valence-electron chi connectivity index (χ0n) is 13.3. The molecule has 1 aromatic carbocycles. The molecule has 0 aliphatic carbocycles. The number of anilines is 2. The number of hydrogen-bond acceptors (Lipinski definition) is 5. The maximum Gasteiger partial charge on any atom is 0.270 e. The van der Waals surface area contributed by atoms with Crippen LogP contribution < -0.4 is 10.6 Å². The molecular formula is C16H19ClN4O2. The molecule has 0 saturated heterocycles. The molecule has 0 spiro atoms. The minimum atomic E-state index is -0.278. The van der Waals surface area contributed by atoms with Crippen molar-refractivity contribution in [2.24, 2.45) is 0 Å². The summed E-state index contributed by atoms with van der Waals surface area (Å²) in [5.41, 5.74) is 3.06. The molecule has 0 aliphatic heterocycles. The van der Waals surface area contributed by atoms with Crippen LogP contribution in [0.15, 0.2) is 24.4 Å². The van der Waals surface area contributed by atoms with Gasteiger partial charge in [-0.3, -0.25) is 4.79 Å². The van der Waals surface area contributed by atoms with Gasteiger partial charge in [-0.15, -0.1) is 0 Å². The Morgan fingerprint density at radius 3 is 2.83 bits per heavy atom. The van der Waals surface area contributed by atoms with E-state index in [0.29, 0.717) is 24.1 Å². The number of benzene rings is 1. The van der Waals surface area contributed by atoms with Crippen LogP contribution in [-0.4, -0.2) is 36.1 Å². The van der Waals surface area contributed by atoms with Gasteiger partial charge in [-0.1, -0.05) is 17.7 Å². The number of nitrogens with one attached hydrogen (secondary N) is 2. The fourth-order valence-corrected chi connectivity index (χ4v) is 2.46. The maximum absolute atomic E-state index is 12.0. The average molecular weight is 335 g/mol. The Bertz CT molecular complexity index is 683. The molecule has 2 aromatic rings. The summed E-state index contributed by atoms with van der Waals surface area (Å²) in [4.78, 5) is 20.3. The van der Waals surface area contributed by atoms with E-state index in [0.717, 1.165) is 16.8 Å². The van der Waals surface area contributed by atoms with Crippen molar-refractivity contribution in [1.29, 1.82) is 0 Å². The highest BCUT2D eigenvalue weighted by Gasteiger charge is 2.11. The van der Waals surface area contributed by atoms with Crippen molar-refractivity contribution in [1.82, 2.24) is 15.3 Å². The number of aryl methyl sites for hydroxylation is 2. The molecule has 6 nitrogen and oxygen atoms in total. The molecule has 122 valence electrons. The van der Waals surface area contributed by atoms with Crippen LogP contribution in [0.4, 0.5) is 11.6 Å². The zero-order valence-corrected chi connectivity index (χ0v) is 14.1. The number of halogens is 1. The number of methoxy groups -OCH3 is 1. The first kappa shape index (κ1) is 17.2. The largest absolute Gasteiger partial charge is 0.383 e. The highest BCUT2D eigenvalue weighted by molar-refractivity contribution is 6.33. The van der Waals surface area contributed by atoms with Crippen molar-refractivity contribution in [2.45, 2.75) is 13.8 Å². The third-order valence-corrected chi connectivity index (χ3v) is 3.45. The van der Waals surface area contributed by atoms with Crippen LogP contribution in [0.5, 0.6) is 0 Å². The molecule has 23 heavy (non-hydrogen) atoms. The number of aromatic nitrogens is 2. The predicted octanol–water partition coefficient (Wildman–Crippen LogP) is 2.87. The summed E-state index contributed by atoms with van der Waals surface area (Å²) in [6.45, 7) is 4.79. The summed E-state index contributed by atoms with van der Waals surface area (Å²) in [6.07, 6.45) is 1.53. The zero-order chi connectivity index (χ0) is 16.8. The molecule has 0 unspecified atom stereocenters. The molecule has 2 N–H and O–H groups in total. The van der Waals surface area contributed by atoms with Gasteiger partial charge in [0.15, 0.2) is 0 Å². The van der Waals surface area contributed by atoms with Gasteiger partial charge in [0.1, 0.15) is 5.69 Å². The summed E-state index contributed by atoms with van der Waals surface area (Å²) in [5.74, 6) is 0.0393. The molecule has 0 radical (unpaired) electrons. The first-order valence-corrected chi connectivity index (χ1v) is 7.53. The summed E-state index contributed by atoms with van der Waals surface area (Å²) < 4.78 is 4.89. The molecule has 7 heteroatoms. The van der Waals surface area contributed by atoms with E-state index in [-0.39, 0.29) is 11.6 Å². The van der Waals surface area contributed by atoms with Crippen LogP contribution in [0, 0.1) is 13.8 Å². The van der Waals surface area contributed by atoms with Gasteiger partial charge < -0.3 is 15.4 Å². The molecule has 1 aromatic heterocycles. The van der Waals surface area contributed by atoms with Gasteiger partial charge in [0, 0.05) is 19.9 Å². The van der Waals surface area contributed by atoms with Crippen LogP contribution >= 0.6 is 11.6 Å². The highest BCUT2D eigenvalue weighted by Crippen LogP contribution is 2.29. The molecule has 1 heterocycles. The lowest BCUT2D eigenvalue weighted by atomic mass is 10.1. The molecule has 0 aliphatic rings. The fraction of sp³-hybridized carbons (Fsp3) is 0.312. The second-order valence-electron chi connectivity index (χ2n) is 5.08. The van der Waals surface area contributed by atoms with Gasteiger partial charge in [0.25, 0.3) is 5.91 Å².